The molecule has 1 N–H and O–H groups in total. The minimum Gasteiger partial charge on any atom is -0.458 e. The lowest BCUT2D eigenvalue weighted by Crippen LogP contribution is -2.63. The number of ketones is 2. The number of fused-ring (bicyclic) bond motifs is 5. The number of rotatable bonds is 5. The largest absolute Gasteiger partial charge is 0.458 e. The fraction of sp³-hybridized carbons (Fsp3) is 0.769. The quantitative estimate of drug-likeness (QED) is 0.627. The molecule has 0 amide bonds. The molecule has 0 heterocycles. The first-order valence-electron chi connectivity index (χ1n) is 12.3. The molecule has 0 spiro atoms. The van der Waals surface area contributed by atoms with Crippen LogP contribution in [0.5, 0.6) is 0 Å². The van der Waals surface area contributed by atoms with Crippen molar-refractivity contribution in [3.63, 3.8) is 0 Å². The van der Waals surface area contributed by atoms with E-state index in [9.17, 15) is 24.3 Å². The van der Waals surface area contributed by atoms with Crippen LogP contribution in [0.25, 0.3) is 0 Å². The van der Waals surface area contributed by atoms with E-state index in [1.165, 1.54) is 6.92 Å². The minimum absolute atomic E-state index is 0.00456. The predicted octanol–water partition coefficient (Wildman–Crippen LogP) is 3.31. The summed E-state index contributed by atoms with van der Waals surface area (Å²) in [5.41, 5.74) is -1.25. The van der Waals surface area contributed by atoms with Gasteiger partial charge in [-0.15, -0.1) is 0 Å². The van der Waals surface area contributed by atoms with Gasteiger partial charge < -0.3 is 14.6 Å². The van der Waals surface area contributed by atoms with Gasteiger partial charge in [0, 0.05) is 25.2 Å². The molecule has 0 radical (unpaired) electrons. The summed E-state index contributed by atoms with van der Waals surface area (Å²) >= 11 is 0. The van der Waals surface area contributed by atoms with Crippen LogP contribution in [0.1, 0.15) is 79.1 Å². The maximum absolute atomic E-state index is 13.5. The number of hydrogen-bond donors (Lipinski definition) is 1. The Hall–Kier alpha value is -2.02. The second kappa shape index (κ2) is 8.33. The van der Waals surface area contributed by atoms with Crippen LogP contribution in [0.4, 0.5) is 0 Å². The fourth-order valence-corrected chi connectivity index (χ4v) is 7.91. The van der Waals surface area contributed by atoms with Crippen LogP contribution in [0.2, 0.25) is 0 Å². The molecular formula is C26H36O7. The molecule has 4 aliphatic carbocycles. The van der Waals surface area contributed by atoms with Crippen LogP contribution in [-0.4, -0.2) is 46.9 Å². The highest BCUT2D eigenvalue weighted by molar-refractivity contribution is 5.93. The van der Waals surface area contributed by atoms with Gasteiger partial charge in [-0.1, -0.05) is 26.3 Å². The molecule has 3 saturated carbocycles. The lowest BCUT2D eigenvalue weighted by molar-refractivity contribution is -0.202. The van der Waals surface area contributed by atoms with Crippen molar-refractivity contribution >= 4 is 23.5 Å². The zero-order chi connectivity index (χ0) is 24.2. The maximum Gasteiger partial charge on any atom is 0.306 e. The monoisotopic (exact) mass is 460 g/mol. The van der Waals surface area contributed by atoms with E-state index in [0.29, 0.717) is 25.7 Å². The lowest BCUT2D eigenvalue weighted by Gasteiger charge is -2.60. The molecule has 4 aliphatic rings. The topological polar surface area (TPSA) is 107 Å². The van der Waals surface area contributed by atoms with Gasteiger partial charge in [-0.25, -0.2) is 0 Å². The normalized spacial score (nSPS) is 41.8. The summed E-state index contributed by atoms with van der Waals surface area (Å²) in [6, 6.07) is 0. The summed E-state index contributed by atoms with van der Waals surface area (Å²) < 4.78 is 11.0. The summed E-state index contributed by atoms with van der Waals surface area (Å²) in [5.74, 6) is -0.999. The average molecular weight is 461 g/mol. The third kappa shape index (κ3) is 3.58. The minimum atomic E-state index is -1.41. The molecule has 0 aromatic heterocycles. The molecule has 182 valence electrons. The van der Waals surface area contributed by atoms with E-state index in [2.05, 4.69) is 6.92 Å². The van der Waals surface area contributed by atoms with Gasteiger partial charge in [-0.3, -0.25) is 19.2 Å². The van der Waals surface area contributed by atoms with Crippen LogP contribution in [-0.2, 0) is 28.7 Å². The number of esters is 2. The van der Waals surface area contributed by atoms with Gasteiger partial charge in [-0.05, 0) is 67.8 Å². The molecule has 33 heavy (non-hydrogen) atoms. The van der Waals surface area contributed by atoms with Gasteiger partial charge in [0.1, 0.15) is 0 Å². The Morgan fingerprint density at radius 3 is 2.55 bits per heavy atom. The second-order valence-corrected chi connectivity index (χ2v) is 11.0. The number of hydrogen-bond acceptors (Lipinski definition) is 7. The predicted molar refractivity (Wildman–Crippen MR) is 119 cm³/mol. The molecule has 4 unspecified atom stereocenters. The van der Waals surface area contributed by atoms with Gasteiger partial charge in [0.2, 0.25) is 5.78 Å². The first-order chi connectivity index (χ1) is 15.5. The number of aliphatic hydroxyl groups is 1. The zero-order valence-electron chi connectivity index (χ0n) is 20.1. The van der Waals surface area contributed by atoms with Crippen molar-refractivity contribution in [2.45, 2.75) is 90.8 Å². The molecule has 0 bridgehead atoms. The van der Waals surface area contributed by atoms with E-state index in [4.69, 9.17) is 9.47 Å². The Balaban J connectivity index is 1.72. The fourth-order valence-electron chi connectivity index (χ4n) is 7.91. The summed E-state index contributed by atoms with van der Waals surface area (Å²) in [5, 5.41) is 11.6. The van der Waals surface area contributed by atoms with E-state index in [-0.39, 0.29) is 35.4 Å². The molecule has 0 aromatic carbocycles. The number of ether oxygens (including phenoxy) is 2. The van der Waals surface area contributed by atoms with E-state index in [1.807, 2.05) is 6.92 Å². The maximum atomic E-state index is 13.5. The first-order valence-corrected chi connectivity index (χ1v) is 12.3. The molecule has 0 aliphatic heterocycles. The number of carbonyl (C=O) groups is 4. The summed E-state index contributed by atoms with van der Waals surface area (Å²) in [4.78, 5) is 49.4. The van der Waals surface area contributed by atoms with Crippen LogP contribution >= 0.6 is 0 Å². The molecule has 4 rings (SSSR count). The Bertz CT molecular complexity index is 906. The van der Waals surface area contributed by atoms with Crippen LogP contribution in [0, 0.1) is 28.6 Å². The molecule has 0 saturated heterocycles. The van der Waals surface area contributed by atoms with E-state index in [0.717, 1.165) is 24.8 Å². The van der Waals surface area contributed by atoms with Gasteiger partial charge >= 0.3 is 11.9 Å². The molecule has 7 heteroatoms. The van der Waals surface area contributed by atoms with Crippen molar-refractivity contribution in [1.29, 1.82) is 0 Å². The van der Waals surface area contributed by atoms with Crippen LogP contribution < -0.4 is 0 Å². The standard InChI is InChI=1S/C26H36O7/c1-5-22(31)33-26(21(30)14-32-15(2)27)11-9-19-18-7-6-16-12-17(28)8-10-24(16,3)23(18)20(29)13-25(19,26)4/h12,18-20,23,29H,5-11,13-14H2,1-4H3/t18?,19?,20?,23?,24-,25-,26-/m0/s1. The van der Waals surface area contributed by atoms with E-state index in [1.54, 1.807) is 13.0 Å². The Kier molecular flexibility index (Phi) is 6.09. The van der Waals surface area contributed by atoms with Crippen molar-refractivity contribution in [2.75, 3.05) is 6.61 Å². The lowest BCUT2D eigenvalue weighted by atomic mass is 9.45. The average Bonchev–Trinajstić information content (AvgIpc) is 3.04. The highest BCUT2D eigenvalue weighted by atomic mass is 16.6. The number of carbonyl (C=O) groups excluding carboxylic acids is 4. The van der Waals surface area contributed by atoms with Crippen LogP contribution in [0.15, 0.2) is 11.6 Å². The summed E-state index contributed by atoms with van der Waals surface area (Å²) in [6.45, 7) is 6.64. The molecule has 0 aromatic rings. The SMILES string of the molecule is CCC(=O)O[C@]1(C(=O)COC(C)=O)CCC2C3CCC4=CC(=O)CC[C@]4(C)C3C(O)C[C@@]21C. The molecule has 3 fully saturated rings. The van der Waals surface area contributed by atoms with Gasteiger partial charge in [0.25, 0.3) is 0 Å². The molecule has 7 atom stereocenters. The van der Waals surface area contributed by atoms with E-state index >= 15 is 0 Å². The highest BCUT2D eigenvalue weighted by Crippen LogP contribution is 2.68. The van der Waals surface area contributed by atoms with Crippen molar-refractivity contribution in [3.8, 4) is 0 Å². The first kappa shape index (κ1) is 24.1. The number of Topliss-reactive ketones (excluding diaryl/α,β-unsaturated/α-hetero) is 1. The zero-order valence-corrected chi connectivity index (χ0v) is 20.1. The number of aliphatic hydroxyl groups excluding tert-OH is 1. The third-order valence-electron chi connectivity index (χ3n) is 9.45. The van der Waals surface area contributed by atoms with Crippen molar-refractivity contribution in [2.24, 2.45) is 28.6 Å². The Morgan fingerprint density at radius 2 is 1.88 bits per heavy atom. The summed E-state index contributed by atoms with van der Waals surface area (Å²) in [6.07, 6.45) is 5.55. The number of allylic oxidation sites excluding steroid dienone is 1. The Morgan fingerprint density at radius 1 is 1.15 bits per heavy atom. The molecular weight excluding hydrogens is 424 g/mol. The van der Waals surface area contributed by atoms with Crippen molar-refractivity contribution in [1.82, 2.24) is 0 Å². The van der Waals surface area contributed by atoms with Crippen molar-refractivity contribution < 1.29 is 33.8 Å². The molecule has 7 nitrogen and oxygen atoms in total. The Labute approximate surface area is 195 Å². The van der Waals surface area contributed by atoms with Gasteiger partial charge in [0.05, 0.1) is 6.10 Å². The third-order valence-corrected chi connectivity index (χ3v) is 9.45. The smallest absolute Gasteiger partial charge is 0.306 e. The van der Waals surface area contributed by atoms with Gasteiger partial charge in [0.15, 0.2) is 18.0 Å². The van der Waals surface area contributed by atoms with Crippen LogP contribution in [0.3, 0.4) is 0 Å². The van der Waals surface area contributed by atoms with E-state index < -0.39 is 41.4 Å². The highest BCUT2D eigenvalue weighted by Gasteiger charge is 2.70. The van der Waals surface area contributed by atoms with Gasteiger partial charge in [-0.2, -0.15) is 0 Å². The van der Waals surface area contributed by atoms with Crippen molar-refractivity contribution in [3.05, 3.63) is 11.6 Å². The second-order valence-electron chi connectivity index (χ2n) is 11.0. The summed E-state index contributed by atoms with van der Waals surface area (Å²) in [7, 11) is 0.